The molecule has 1 amide bonds. The minimum absolute atomic E-state index is 0.0157. The summed E-state index contributed by atoms with van der Waals surface area (Å²) in [5.41, 5.74) is 3.31. The SMILES string of the molecule is Cc1ccc(SCC(=O)Nc2ccc(CSc3ccccc3)cc2)cc1. The Bertz CT molecular complexity index is 830. The van der Waals surface area contributed by atoms with Gasteiger partial charge in [0.2, 0.25) is 5.91 Å². The summed E-state index contributed by atoms with van der Waals surface area (Å²) in [5.74, 6) is 1.35. The Morgan fingerprint density at radius 1 is 0.808 bits per heavy atom. The number of nitrogens with one attached hydrogen (secondary N) is 1. The second kappa shape index (κ2) is 9.51. The third kappa shape index (κ3) is 5.97. The van der Waals surface area contributed by atoms with Crippen LogP contribution in [0.5, 0.6) is 0 Å². The summed E-state index contributed by atoms with van der Waals surface area (Å²) < 4.78 is 0. The minimum atomic E-state index is 0.0157. The normalized spacial score (nSPS) is 10.5. The lowest BCUT2D eigenvalue weighted by Crippen LogP contribution is -2.13. The van der Waals surface area contributed by atoms with Gasteiger partial charge in [-0.2, -0.15) is 0 Å². The first-order valence-corrected chi connectivity index (χ1v) is 10.4. The third-order valence-corrected chi connectivity index (χ3v) is 5.87. The first kappa shape index (κ1) is 18.6. The molecule has 0 aromatic heterocycles. The smallest absolute Gasteiger partial charge is 0.234 e. The number of carbonyl (C=O) groups is 1. The van der Waals surface area contributed by atoms with Gasteiger partial charge in [0.15, 0.2) is 0 Å². The number of carbonyl (C=O) groups excluding carboxylic acids is 1. The van der Waals surface area contributed by atoms with Crippen LogP contribution in [0.4, 0.5) is 5.69 Å². The third-order valence-electron chi connectivity index (χ3n) is 3.78. The number of rotatable bonds is 7. The highest BCUT2D eigenvalue weighted by Gasteiger charge is 2.04. The first-order valence-electron chi connectivity index (χ1n) is 8.45. The van der Waals surface area contributed by atoms with Crippen LogP contribution in [0.15, 0.2) is 88.7 Å². The molecule has 0 fully saturated rings. The summed E-state index contributed by atoms with van der Waals surface area (Å²) >= 11 is 3.36. The summed E-state index contributed by atoms with van der Waals surface area (Å²) in [6, 6.07) is 26.7. The lowest BCUT2D eigenvalue weighted by atomic mass is 10.2. The minimum Gasteiger partial charge on any atom is -0.325 e. The van der Waals surface area contributed by atoms with E-state index in [1.807, 2.05) is 42.1 Å². The predicted molar refractivity (Wildman–Crippen MR) is 113 cm³/mol. The standard InChI is InChI=1S/C22H21NOS2/c1-17-7-13-21(14-8-17)26-16-22(24)23-19-11-9-18(10-12-19)15-25-20-5-3-2-4-6-20/h2-14H,15-16H2,1H3,(H,23,24). The van der Waals surface area contributed by atoms with Gasteiger partial charge in [-0.1, -0.05) is 48.0 Å². The second-order valence-corrected chi connectivity index (χ2v) is 8.05. The molecule has 3 rings (SSSR count). The van der Waals surface area contributed by atoms with E-state index in [0.717, 1.165) is 16.3 Å². The van der Waals surface area contributed by atoms with E-state index in [1.54, 1.807) is 11.8 Å². The first-order chi connectivity index (χ1) is 12.7. The molecule has 4 heteroatoms. The number of hydrogen-bond donors (Lipinski definition) is 1. The van der Waals surface area contributed by atoms with Crippen molar-refractivity contribution in [3.05, 3.63) is 90.0 Å². The van der Waals surface area contributed by atoms with Crippen LogP contribution < -0.4 is 5.32 Å². The lowest BCUT2D eigenvalue weighted by Gasteiger charge is -2.07. The Hall–Kier alpha value is -2.17. The molecule has 0 radical (unpaired) electrons. The van der Waals surface area contributed by atoms with Crippen molar-refractivity contribution in [3.63, 3.8) is 0 Å². The van der Waals surface area contributed by atoms with E-state index in [-0.39, 0.29) is 5.91 Å². The van der Waals surface area contributed by atoms with Crippen molar-refractivity contribution in [1.82, 2.24) is 0 Å². The average Bonchev–Trinajstić information content (AvgIpc) is 2.68. The van der Waals surface area contributed by atoms with Gasteiger partial charge >= 0.3 is 0 Å². The summed E-state index contributed by atoms with van der Waals surface area (Å²) in [7, 11) is 0. The van der Waals surface area contributed by atoms with Crippen molar-refractivity contribution in [3.8, 4) is 0 Å². The Morgan fingerprint density at radius 2 is 1.46 bits per heavy atom. The highest BCUT2D eigenvalue weighted by molar-refractivity contribution is 8.00. The number of anilines is 1. The van der Waals surface area contributed by atoms with Gasteiger partial charge in [0, 0.05) is 21.2 Å². The molecule has 0 spiro atoms. The molecule has 132 valence electrons. The maximum absolute atomic E-state index is 12.1. The van der Waals surface area contributed by atoms with Gasteiger partial charge in [-0.05, 0) is 48.9 Å². The van der Waals surface area contributed by atoms with Crippen LogP contribution in [0.3, 0.4) is 0 Å². The number of hydrogen-bond acceptors (Lipinski definition) is 3. The largest absolute Gasteiger partial charge is 0.325 e. The van der Waals surface area contributed by atoms with Crippen LogP contribution in [0.25, 0.3) is 0 Å². The van der Waals surface area contributed by atoms with Crippen molar-refractivity contribution in [2.24, 2.45) is 0 Å². The molecule has 0 unspecified atom stereocenters. The maximum Gasteiger partial charge on any atom is 0.234 e. The van der Waals surface area contributed by atoms with Crippen LogP contribution in [-0.2, 0) is 10.5 Å². The molecule has 0 saturated carbocycles. The second-order valence-electron chi connectivity index (χ2n) is 5.95. The van der Waals surface area contributed by atoms with E-state index in [0.29, 0.717) is 5.75 Å². The number of benzene rings is 3. The van der Waals surface area contributed by atoms with Crippen LogP contribution >= 0.6 is 23.5 Å². The highest BCUT2D eigenvalue weighted by Crippen LogP contribution is 2.23. The Balaban J connectivity index is 1.45. The molecule has 0 saturated heterocycles. The zero-order chi connectivity index (χ0) is 18.2. The number of amides is 1. The van der Waals surface area contributed by atoms with Gasteiger partial charge in [-0.3, -0.25) is 4.79 Å². The monoisotopic (exact) mass is 379 g/mol. The van der Waals surface area contributed by atoms with Crippen LogP contribution in [0.2, 0.25) is 0 Å². The van der Waals surface area contributed by atoms with Gasteiger partial charge in [0.1, 0.15) is 0 Å². The van der Waals surface area contributed by atoms with E-state index in [9.17, 15) is 4.79 Å². The van der Waals surface area contributed by atoms with E-state index in [1.165, 1.54) is 16.0 Å². The van der Waals surface area contributed by atoms with Crippen molar-refractivity contribution in [2.45, 2.75) is 22.5 Å². The van der Waals surface area contributed by atoms with Gasteiger partial charge in [0.25, 0.3) is 0 Å². The van der Waals surface area contributed by atoms with Crippen molar-refractivity contribution >= 4 is 35.1 Å². The molecule has 0 bridgehead atoms. The van der Waals surface area contributed by atoms with Gasteiger partial charge in [-0.15, -0.1) is 23.5 Å². The zero-order valence-electron chi connectivity index (χ0n) is 14.6. The Morgan fingerprint density at radius 3 is 2.15 bits per heavy atom. The molecule has 0 atom stereocenters. The Labute approximate surface area is 163 Å². The number of aryl methyl sites for hydroxylation is 1. The lowest BCUT2D eigenvalue weighted by molar-refractivity contribution is -0.113. The Kier molecular flexibility index (Phi) is 6.81. The molecule has 3 aromatic carbocycles. The predicted octanol–water partition coefficient (Wildman–Crippen LogP) is 6.02. The van der Waals surface area contributed by atoms with Crippen molar-refractivity contribution < 1.29 is 4.79 Å². The highest BCUT2D eigenvalue weighted by atomic mass is 32.2. The van der Waals surface area contributed by atoms with E-state index in [2.05, 4.69) is 60.8 Å². The summed E-state index contributed by atoms with van der Waals surface area (Å²) in [5, 5.41) is 2.96. The molecular weight excluding hydrogens is 358 g/mol. The topological polar surface area (TPSA) is 29.1 Å². The quantitative estimate of drug-likeness (QED) is 0.509. The van der Waals surface area contributed by atoms with E-state index >= 15 is 0 Å². The molecule has 0 aliphatic heterocycles. The molecular formula is C22H21NOS2. The van der Waals surface area contributed by atoms with Crippen LogP contribution in [-0.4, -0.2) is 11.7 Å². The summed E-state index contributed by atoms with van der Waals surface area (Å²) in [6.07, 6.45) is 0. The molecule has 26 heavy (non-hydrogen) atoms. The van der Waals surface area contributed by atoms with Gasteiger partial charge in [-0.25, -0.2) is 0 Å². The van der Waals surface area contributed by atoms with Gasteiger partial charge in [0.05, 0.1) is 5.75 Å². The van der Waals surface area contributed by atoms with Crippen molar-refractivity contribution in [1.29, 1.82) is 0 Å². The van der Waals surface area contributed by atoms with E-state index < -0.39 is 0 Å². The maximum atomic E-state index is 12.1. The van der Waals surface area contributed by atoms with E-state index in [4.69, 9.17) is 0 Å². The summed E-state index contributed by atoms with van der Waals surface area (Å²) in [6.45, 7) is 2.06. The fourth-order valence-corrected chi connectivity index (χ4v) is 3.92. The van der Waals surface area contributed by atoms with Crippen LogP contribution in [0.1, 0.15) is 11.1 Å². The molecule has 1 N–H and O–H groups in total. The van der Waals surface area contributed by atoms with Gasteiger partial charge < -0.3 is 5.32 Å². The fraction of sp³-hybridized carbons (Fsp3) is 0.136. The molecule has 2 nitrogen and oxygen atoms in total. The molecule has 3 aromatic rings. The average molecular weight is 380 g/mol. The molecule has 0 heterocycles. The summed E-state index contributed by atoms with van der Waals surface area (Å²) in [4.78, 5) is 14.5. The van der Waals surface area contributed by atoms with Crippen LogP contribution in [0, 0.1) is 6.92 Å². The fourth-order valence-electron chi connectivity index (χ4n) is 2.35. The number of thioether (sulfide) groups is 2. The van der Waals surface area contributed by atoms with Crippen molar-refractivity contribution in [2.75, 3.05) is 11.1 Å². The zero-order valence-corrected chi connectivity index (χ0v) is 16.3. The molecule has 0 aliphatic carbocycles. The molecule has 0 aliphatic rings.